The number of anilines is 1. The Morgan fingerprint density at radius 2 is 1.57 bits per heavy atom. The molecule has 1 N–H and O–H groups in total. The SMILES string of the molecule is CC(C(=O)Nc1ccc(Cl)cc1)N1CCN(CC(=O)N2CCCCCC2)CC1. The molecule has 154 valence electrons. The number of carbonyl (C=O) groups is 2. The van der Waals surface area contributed by atoms with Gasteiger partial charge in [-0.15, -0.1) is 0 Å². The molecule has 0 aromatic heterocycles. The zero-order valence-electron chi connectivity index (χ0n) is 16.7. The van der Waals surface area contributed by atoms with Crippen molar-refractivity contribution in [2.75, 3.05) is 51.1 Å². The van der Waals surface area contributed by atoms with Gasteiger partial charge >= 0.3 is 0 Å². The standard InChI is InChI=1S/C21H31ClN4O2/c1-17(21(28)23-19-8-6-18(22)7-9-19)25-14-12-24(13-15-25)16-20(27)26-10-4-2-3-5-11-26/h6-9,17H,2-5,10-16H2,1H3,(H,23,28). The van der Waals surface area contributed by atoms with Crippen LogP contribution in [0.3, 0.4) is 0 Å². The number of amides is 2. The fourth-order valence-electron chi connectivity index (χ4n) is 3.87. The first-order chi connectivity index (χ1) is 13.5. The van der Waals surface area contributed by atoms with Gasteiger partial charge in [0.1, 0.15) is 0 Å². The highest BCUT2D eigenvalue weighted by atomic mass is 35.5. The third-order valence-electron chi connectivity index (χ3n) is 5.76. The molecule has 2 fully saturated rings. The molecule has 0 spiro atoms. The molecule has 1 unspecified atom stereocenters. The molecule has 0 bridgehead atoms. The summed E-state index contributed by atoms with van der Waals surface area (Å²) in [5.41, 5.74) is 0.753. The lowest BCUT2D eigenvalue weighted by molar-refractivity contribution is -0.133. The average Bonchev–Trinajstić information content (AvgIpc) is 2.99. The van der Waals surface area contributed by atoms with Gasteiger partial charge in [0.05, 0.1) is 12.6 Å². The number of rotatable bonds is 5. The van der Waals surface area contributed by atoms with Crippen LogP contribution in [0, 0.1) is 0 Å². The smallest absolute Gasteiger partial charge is 0.241 e. The highest BCUT2D eigenvalue weighted by Gasteiger charge is 2.27. The maximum Gasteiger partial charge on any atom is 0.241 e. The Labute approximate surface area is 172 Å². The molecule has 2 amide bonds. The van der Waals surface area contributed by atoms with Gasteiger partial charge in [-0.1, -0.05) is 24.4 Å². The van der Waals surface area contributed by atoms with E-state index in [1.54, 1.807) is 24.3 Å². The van der Waals surface area contributed by atoms with Crippen LogP contribution < -0.4 is 5.32 Å². The Balaban J connectivity index is 1.43. The number of hydrogen-bond acceptors (Lipinski definition) is 4. The maximum absolute atomic E-state index is 12.6. The van der Waals surface area contributed by atoms with E-state index in [2.05, 4.69) is 15.1 Å². The van der Waals surface area contributed by atoms with Crippen LogP contribution in [0.25, 0.3) is 0 Å². The molecule has 7 heteroatoms. The molecule has 6 nitrogen and oxygen atoms in total. The first-order valence-corrected chi connectivity index (χ1v) is 10.7. The number of piperazine rings is 1. The zero-order valence-corrected chi connectivity index (χ0v) is 17.5. The molecule has 0 aliphatic carbocycles. The number of hydrogen-bond donors (Lipinski definition) is 1. The quantitative estimate of drug-likeness (QED) is 0.816. The molecule has 2 aliphatic heterocycles. The van der Waals surface area contributed by atoms with E-state index in [1.165, 1.54) is 12.8 Å². The van der Waals surface area contributed by atoms with E-state index in [9.17, 15) is 9.59 Å². The molecule has 2 aliphatic rings. The van der Waals surface area contributed by atoms with Crippen molar-refractivity contribution < 1.29 is 9.59 Å². The van der Waals surface area contributed by atoms with Crippen molar-refractivity contribution in [2.45, 2.75) is 38.6 Å². The van der Waals surface area contributed by atoms with Gasteiger partial charge in [-0.2, -0.15) is 0 Å². The van der Waals surface area contributed by atoms with Crippen molar-refractivity contribution in [1.82, 2.24) is 14.7 Å². The normalized spacial score (nSPS) is 20.4. The number of halogens is 1. The Bertz CT molecular complexity index is 651. The zero-order chi connectivity index (χ0) is 19.9. The van der Waals surface area contributed by atoms with Gasteiger partial charge in [0.2, 0.25) is 11.8 Å². The van der Waals surface area contributed by atoms with Crippen LogP contribution >= 0.6 is 11.6 Å². The number of benzene rings is 1. The Morgan fingerprint density at radius 1 is 0.964 bits per heavy atom. The van der Waals surface area contributed by atoms with Gasteiger partial charge in [-0.25, -0.2) is 0 Å². The van der Waals surface area contributed by atoms with Crippen molar-refractivity contribution in [3.8, 4) is 0 Å². The fourth-order valence-corrected chi connectivity index (χ4v) is 3.99. The lowest BCUT2D eigenvalue weighted by atomic mass is 10.2. The minimum atomic E-state index is -0.209. The Kier molecular flexibility index (Phi) is 7.71. The second-order valence-electron chi connectivity index (χ2n) is 7.78. The van der Waals surface area contributed by atoms with Crippen molar-refractivity contribution in [2.24, 2.45) is 0 Å². The fraction of sp³-hybridized carbons (Fsp3) is 0.619. The van der Waals surface area contributed by atoms with Crippen molar-refractivity contribution in [1.29, 1.82) is 0 Å². The topological polar surface area (TPSA) is 55.9 Å². The van der Waals surface area contributed by atoms with Crippen LogP contribution in [0.4, 0.5) is 5.69 Å². The molecule has 1 aromatic carbocycles. The molecular formula is C21H31ClN4O2. The number of likely N-dealkylation sites (tertiary alicyclic amines) is 1. The van der Waals surface area contributed by atoms with Crippen molar-refractivity contribution >= 4 is 29.1 Å². The lowest BCUT2D eigenvalue weighted by Gasteiger charge is -2.37. The number of nitrogens with one attached hydrogen (secondary N) is 1. The van der Waals surface area contributed by atoms with Crippen LogP contribution in [0.1, 0.15) is 32.6 Å². The Hall–Kier alpha value is -1.63. The number of carbonyl (C=O) groups excluding carboxylic acids is 2. The van der Waals surface area contributed by atoms with Crippen LogP contribution in [-0.4, -0.2) is 78.4 Å². The molecule has 1 aromatic rings. The highest BCUT2D eigenvalue weighted by molar-refractivity contribution is 6.30. The molecular weight excluding hydrogens is 376 g/mol. The van der Waals surface area contributed by atoms with Gasteiger partial charge in [0.15, 0.2) is 0 Å². The first kappa shape index (κ1) is 21.1. The van der Waals surface area contributed by atoms with Gasteiger partial charge in [-0.3, -0.25) is 19.4 Å². The van der Waals surface area contributed by atoms with Gasteiger partial charge in [-0.05, 0) is 44.0 Å². The van der Waals surface area contributed by atoms with Crippen LogP contribution in [0.15, 0.2) is 24.3 Å². The summed E-state index contributed by atoms with van der Waals surface area (Å²) in [7, 11) is 0. The van der Waals surface area contributed by atoms with Crippen LogP contribution in [-0.2, 0) is 9.59 Å². The minimum absolute atomic E-state index is 0.0172. The summed E-state index contributed by atoms with van der Waals surface area (Å²) in [6.07, 6.45) is 4.72. The molecule has 2 heterocycles. The second-order valence-corrected chi connectivity index (χ2v) is 8.22. The molecule has 2 saturated heterocycles. The molecule has 0 radical (unpaired) electrons. The van der Waals surface area contributed by atoms with E-state index in [1.807, 2.05) is 11.8 Å². The third kappa shape index (κ3) is 5.93. The summed E-state index contributed by atoms with van der Waals surface area (Å²) in [5.74, 6) is 0.236. The van der Waals surface area contributed by atoms with E-state index >= 15 is 0 Å². The largest absolute Gasteiger partial charge is 0.342 e. The average molecular weight is 407 g/mol. The van der Waals surface area contributed by atoms with Gasteiger partial charge in [0, 0.05) is 50.0 Å². The van der Waals surface area contributed by atoms with E-state index < -0.39 is 0 Å². The molecule has 3 rings (SSSR count). The van der Waals surface area contributed by atoms with Crippen LogP contribution in [0.2, 0.25) is 5.02 Å². The summed E-state index contributed by atoms with van der Waals surface area (Å²) in [6.45, 7) is 7.46. The Morgan fingerprint density at radius 3 is 2.18 bits per heavy atom. The van der Waals surface area contributed by atoms with E-state index in [0.717, 1.165) is 57.8 Å². The summed E-state index contributed by atoms with van der Waals surface area (Å²) in [4.78, 5) is 31.5. The summed E-state index contributed by atoms with van der Waals surface area (Å²) in [5, 5.41) is 3.59. The second kappa shape index (κ2) is 10.2. The van der Waals surface area contributed by atoms with Gasteiger partial charge in [0.25, 0.3) is 0 Å². The predicted octanol–water partition coefficient (Wildman–Crippen LogP) is 2.69. The van der Waals surface area contributed by atoms with Gasteiger partial charge < -0.3 is 10.2 Å². The summed E-state index contributed by atoms with van der Waals surface area (Å²) in [6, 6.07) is 6.93. The lowest BCUT2D eigenvalue weighted by Crippen LogP contribution is -2.54. The molecule has 0 saturated carbocycles. The number of nitrogens with zero attached hydrogens (tertiary/aromatic N) is 3. The van der Waals surface area contributed by atoms with E-state index in [0.29, 0.717) is 11.6 Å². The highest BCUT2D eigenvalue weighted by Crippen LogP contribution is 2.15. The first-order valence-electron chi connectivity index (χ1n) is 10.3. The monoisotopic (exact) mass is 406 g/mol. The third-order valence-corrected chi connectivity index (χ3v) is 6.02. The molecule has 28 heavy (non-hydrogen) atoms. The maximum atomic E-state index is 12.6. The molecule has 1 atom stereocenters. The van der Waals surface area contributed by atoms with E-state index in [-0.39, 0.29) is 17.9 Å². The minimum Gasteiger partial charge on any atom is -0.342 e. The van der Waals surface area contributed by atoms with Crippen molar-refractivity contribution in [3.05, 3.63) is 29.3 Å². The summed E-state index contributed by atoms with van der Waals surface area (Å²) >= 11 is 5.89. The predicted molar refractivity (Wildman–Crippen MR) is 113 cm³/mol. The van der Waals surface area contributed by atoms with Crippen molar-refractivity contribution in [3.63, 3.8) is 0 Å². The van der Waals surface area contributed by atoms with E-state index in [4.69, 9.17) is 11.6 Å². The summed E-state index contributed by atoms with van der Waals surface area (Å²) < 4.78 is 0. The van der Waals surface area contributed by atoms with Crippen LogP contribution in [0.5, 0.6) is 0 Å².